The van der Waals surface area contributed by atoms with Crippen LogP contribution in [0.4, 0.5) is 22.5 Å². The lowest BCUT2D eigenvalue weighted by molar-refractivity contribution is 0.0966. The van der Waals surface area contributed by atoms with E-state index >= 15 is 0 Å². The third kappa shape index (κ3) is 4.85. The Balaban J connectivity index is 1.19. The molecular formula is C27H29N7O3S3. The molecule has 2 aliphatic heterocycles. The monoisotopic (exact) mass is 595 g/mol. The van der Waals surface area contributed by atoms with Gasteiger partial charge in [-0.2, -0.15) is 4.37 Å². The summed E-state index contributed by atoms with van der Waals surface area (Å²) in [7, 11) is 0. The second kappa shape index (κ2) is 10.7. The first-order valence-electron chi connectivity index (χ1n) is 13.5. The Labute approximate surface area is 242 Å². The quantitative estimate of drug-likeness (QED) is 0.257. The van der Waals surface area contributed by atoms with Crippen LogP contribution >= 0.6 is 34.2 Å². The van der Waals surface area contributed by atoms with Crippen LogP contribution in [0.15, 0.2) is 28.4 Å². The van der Waals surface area contributed by atoms with Crippen LogP contribution in [0.2, 0.25) is 0 Å². The number of morpholine rings is 1. The van der Waals surface area contributed by atoms with Gasteiger partial charge in [-0.3, -0.25) is 9.59 Å². The van der Waals surface area contributed by atoms with E-state index < -0.39 is 0 Å². The minimum absolute atomic E-state index is 0.0436. The largest absolute Gasteiger partial charge is 0.378 e. The molecule has 13 heteroatoms. The summed E-state index contributed by atoms with van der Waals surface area (Å²) in [6.45, 7) is 3.35. The van der Waals surface area contributed by atoms with Crippen LogP contribution in [0, 0.1) is 0 Å². The second-order valence-electron chi connectivity index (χ2n) is 10.3. The molecular weight excluding hydrogens is 567 g/mol. The maximum atomic E-state index is 12.9. The van der Waals surface area contributed by atoms with E-state index in [2.05, 4.69) is 25.2 Å². The lowest BCUT2D eigenvalue weighted by Crippen LogP contribution is -2.42. The van der Waals surface area contributed by atoms with Crippen molar-refractivity contribution in [3.05, 3.63) is 44.9 Å². The van der Waals surface area contributed by atoms with Gasteiger partial charge in [-0.05, 0) is 36.0 Å². The molecule has 0 unspecified atom stereocenters. The molecule has 0 bridgehead atoms. The highest BCUT2D eigenvalue weighted by Crippen LogP contribution is 2.41. The van der Waals surface area contributed by atoms with Crippen molar-refractivity contribution in [2.24, 2.45) is 5.73 Å². The number of nitrogens with two attached hydrogens (primary N) is 1. The molecule has 3 aliphatic rings. The summed E-state index contributed by atoms with van der Waals surface area (Å²) in [5.74, 6) is 1.65. The Kier molecular flexibility index (Phi) is 6.92. The van der Waals surface area contributed by atoms with Gasteiger partial charge >= 0.3 is 0 Å². The van der Waals surface area contributed by atoms with Crippen LogP contribution in [0.3, 0.4) is 0 Å². The van der Waals surface area contributed by atoms with Crippen molar-refractivity contribution in [1.29, 1.82) is 0 Å². The first-order chi connectivity index (χ1) is 19.5. The summed E-state index contributed by atoms with van der Waals surface area (Å²) in [5, 5.41) is 12.7. The fourth-order valence-electron chi connectivity index (χ4n) is 5.57. The van der Waals surface area contributed by atoms with Gasteiger partial charge in [0.15, 0.2) is 5.43 Å². The molecule has 1 saturated heterocycles. The molecule has 40 heavy (non-hydrogen) atoms. The predicted octanol–water partition coefficient (Wildman–Crippen LogP) is 4.35. The van der Waals surface area contributed by atoms with Crippen molar-refractivity contribution in [3.8, 4) is 10.4 Å². The number of anilines is 4. The van der Waals surface area contributed by atoms with E-state index in [9.17, 15) is 9.59 Å². The maximum absolute atomic E-state index is 12.9. The molecule has 208 valence electrons. The average molecular weight is 596 g/mol. The second-order valence-corrected chi connectivity index (χ2v) is 13.0. The number of hydrogen-bond donors (Lipinski definition) is 4. The molecule has 5 N–H and O–H groups in total. The Morgan fingerprint density at radius 1 is 1.07 bits per heavy atom. The topological polar surface area (TPSA) is 134 Å². The summed E-state index contributed by atoms with van der Waals surface area (Å²) >= 11 is 4.47. The molecule has 1 amide bonds. The van der Waals surface area contributed by atoms with Crippen molar-refractivity contribution >= 4 is 72.0 Å². The SMILES string of the molecule is N[C@@H]1CCCC[C@@H]1Nc1cc2c(c(Nc3cc(-c4csc5c(=O)cc(N6CCOCC6)sc45)sn3)n1)C(=O)NC2. The molecule has 7 rings (SSSR count). The third-order valence-corrected chi connectivity index (χ3v) is 10.9. The Bertz CT molecular complexity index is 1640. The zero-order chi connectivity index (χ0) is 27.2. The first-order valence-corrected chi connectivity index (χ1v) is 16.0. The molecule has 0 aromatic carbocycles. The zero-order valence-corrected chi connectivity index (χ0v) is 24.1. The van der Waals surface area contributed by atoms with E-state index in [1.165, 1.54) is 22.9 Å². The van der Waals surface area contributed by atoms with Gasteiger partial charge in [-0.1, -0.05) is 12.8 Å². The van der Waals surface area contributed by atoms with Crippen molar-refractivity contribution in [2.75, 3.05) is 41.8 Å². The average Bonchev–Trinajstić information content (AvgIpc) is 3.69. The van der Waals surface area contributed by atoms with Crippen LogP contribution in [-0.2, 0) is 11.3 Å². The standard InChI is InChI=1S/C27H29N7O3S3/c28-16-3-1-2-4-17(16)30-20-9-14-12-29-27(36)23(14)26(31-20)32-21-11-19(40-33-21)15-13-38-25-18(35)10-22(39-24(15)25)34-5-7-37-8-6-34/h9-11,13,16-17H,1-8,12,28H2,(H,29,36)(H2,30,31,32,33)/t16-,17+/m1/s1. The molecule has 10 nitrogen and oxygen atoms in total. The number of nitrogens with one attached hydrogen (secondary N) is 3. The fraction of sp³-hybridized carbons (Fsp3) is 0.407. The predicted molar refractivity (Wildman–Crippen MR) is 163 cm³/mol. The third-order valence-electron chi connectivity index (χ3n) is 7.70. The van der Waals surface area contributed by atoms with E-state index in [1.807, 2.05) is 17.5 Å². The smallest absolute Gasteiger partial charge is 0.255 e. The number of nitrogens with zero attached hydrogens (tertiary/aromatic N) is 3. The molecule has 0 radical (unpaired) electrons. The van der Waals surface area contributed by atoms with Crippen LogP contribution in [0.5, 0.6) is 0 Å². The van der Waals surface area contributed by atoms with Gasteiger partial charge in [0, 0.05) is 54.8 Å². The molecule has 2 fully saturated rings. The number of ether oxygens (including phenoxy) is 1. The summed E-state index contributed by atoms with van der Waals surface area (Å²) in [6, 6.07) is 5.89. The summed E-state index contributed by atoms with van der Waals surface area (Å²) < 4.78 is 11.9. The maximum Gasteiger partial charge on any atom is 0.255 e. The van der Waals surface area contributed by atoms with Gasteiger partial charge in [-0.25, -0.2) is 4.98 Å². The number of rotatable bonds is 6. The van der Waals surface area contributed by atoms with Gasteiger partial charge in [0.2, 0.25) is 0 Å². The van der Waals surface area contributed by atoms with Crippen molar-refractivity contribution < 1.29 is 9.53 Å². The molecule has 1 aliphatic carbocycles. The highest BCUT2D eigenvalue weighted by atomic mass is 32.1. The van der Waals surface area contributed by atoms with Gasteiger partial charge in [0.1, 0.15) is 17.5 Å². The van der Waals surface area contributed by atoms with Crippen LogP contribution in [0.1, 0.15) is 41.6 Å². The lowest BCUT2D eigenvalue weighted by atomic mass is 9.91. The summed E-state index contributed by atoms with van der Waals surface area (Å²) in [5.41, 5.74) is 8.85. The number of carbonyl (C=O) groups excluding carboxylic acids is 1. The number of aromatic nitrogens is 2. The Morgan fingerprint density at radius 2 is 1.93 bits per heavy atom. The van der Waals surface area contributed by atoms with Gasteiger partial charge < -0.3 is 31.3 Å². The normalized spacial score (nSPS) is 20.9. The van der Waals surface area contributed by atoms with Crippen molar-refractivity contribution in [2.45, 2.75) is 44.3 Å². The zero-order valence-electron chi connectivity index (χ0n) is 21.7. The van der Waals surface area contributed by atoms with E-state index in [0.29, 0.717) is 42.8 Å². The minimum atomic E-state index is -0.148. The number of amides is 1. The van der Waals surface area contributed by atoms with Crippen LogP contribution in [-0.4, -0.2) is 53.7 Å². The first kappa shape index (κ1) is 25.8. The van der Waals surface area contributed by atoms with Crippen molar-refractivity contribution in [1.82, 2.24) is 14.7 Å². The highest BCUT2D eigenvalue weighted by Gasteiger charge is 2.28. The van der Waals surface area contributed by atoms with E-state index in [-0.39, 0.29) is 23.4 Å². The van der Waals surface area contributed by atoms with Crippen molar-refractivity contribution in [3.63, 3.8) is 0 Å². The summed E-state index contributed by atoms with van der Waals surface area (Å²) in [4.78, 5) is 33.6. The van der Waals surface area contributed by atoms with E-state index in [1.54, 1.807) is 17.4 Å². The number of hydrogen-bond acceptors (Lipinski definition) is 12. The minimum Gasteiger partial charge on any atom is -0.378 e. The molecule has 4 aromatic heterocycles. The molecule has 4 aromatic rings. The van der Waals surface area contributed by atoms with Crippen LogP contribution < -0.4 is 32.0 Å². The Morgan fingerprint density at radius 3 is 2.77 bits per heavy atom. The van der Waals surface area contributed by atoms with Gasteiger partial charge in [-0.15, -0.1) is 22.7 Å². The highest BCUT2D eigenvalue weighted by molar-refractivity contribution is 7.29. The fourth-order valence-corrected chi connectivity index (χ4v) is 8.80. The molecule has 0 spiro atoms. The number of pyridine rings is 1. The van der Waals surface area contributed by atoms with E-state index in [0.717, 1.165) is 69.2 Å². The number of carbonyl (C=O) groups is 1. The lowest BCUT2D eigenvalue weighted by Gasteiger charge is -2.30. The number of fused-ring (bicyclic) bond motifs is 2. The van der Waals surface area contributed by atoms with E-state index in [4.69, 9.17) is 15.5 Å². The molecule has 2 atom stereocenters. The molecule has 1 saturated carbocycles. The van der Waals surface area contributed by atoms with Gasteiger partial charge in [0.25, 0.3) is 5.91 Å². The Hall–Kier alpha value is -3.10. The van der Waals surface area contributed by atoms with Crippen LogP contribution in [0.25, 0.3) is 19.8 Å². The number of thiophene rings is 1. The summed E-state index contributed by atoms with van der Waals surface area (Å²) in [6.07, 6.45) is 4.29. The van der Waals surface area contributed by atoms with Gasteiger partial charge in [0.05, 0.1) is 38.1 Å². The molecule has 6 heterocycles.